The molecule has 1 heterocycles. The Labute approximate surface area is 122 Å². The zero-order valence-corrected chi connectivity index (χ0v) is 11.9. The molecule has 21 heavy (non-hydrogen) atoms. The van der Waals surface area contributed by atoms with Gasteiger partial charge in [-0.2, -0.15) is 5.10 Å². The van der Waals surface area contributed by atoms with Crippen molar-refractivity contribution in [1.29, 1.82) is 0 Å². The molecule has 1 amide bonds. The van der Waals surface area contributed by atoms with Gasteiger partial charge in [0.25, 0.3) is 0 Å². The molecule has 0 aliphatic carbocycles. The zero-order chi connectivity index (χ0) is 15.4. The maximum atomic E-state index is 12.0. The molecule has 0 fully saturated rings. The molecule has 0 radical (unpaired) electrons. The Hall–Kier alpha value is -2.63. The maximum Gasteiger partial charge on any atom is 0.330 e. The molecule has 0 unspecified atom stereocenters. The van der Waals surface area contributed by atoms with Gasteiger partial charge in [-0.3, -0.25) is 9.48 Å². The Morgan fingerprint density at radius 1 is 1.29 bits per heavy atom. The molecule has 0 aliphatic rings. The van der Waals surface area contributed by atoms with Gasteiger partial charge in [0.2, 0.25) is 5.91 Å². The highest BCUT2D eigenvalue weighted by molar-refractivity contribution is 5.84. The molecule has 2 aromatic rings. The number of hydrogen-bond donors (Lipinski definition) is 2. The minimum atomic E-state index is -1.09. The van der Waals surface area contributed by atoms with Crippen LogP contribution in [0.15, 0.2) is 36.4 Å². The lowest BCUT2D eigenvalue weighted by atomic mass is 10.1. The highest BCUT2D eigenvalue weighted by atomic mass is 16.4. The number of amides is 1. The van der Waals surface area contributed by atoms with Crippen LogP contribution in [-0.4, -0.2) is 26.8 Å². The number of aryl methyl sites for hydroxylation is 2. The molecule has 0 saturated carbocycles. The van der Waals surface area contributed by atoms with Gasteiger partial charge in [-0.15, -0.1) is 0 Å². The molecule has 0 aliphatic heterocycles. The summed E-state index contributed by atoms with van der Waals surface area (Å²) < 4.78 is 1.55. The fraction of sp³-hybridized carbons (Fsp3) is 0.267. The Kier molecular flexibility index (Phi) is 4.37. The van der Waals surface area contributed by atoms with E-state index in [1.54, 1.807) is 35.0 Å². The number of hydrogen-bond acceptors (Lipinski definition) is 3. The average molecular weight is 287 g/mol. The third-order valence-corrected chi connectivity index (χ3v) is 3.08. The number of carbonyl (C=O) groups excluding carboxylic acids is 1. The number of carboxylic acids is 1. The molecule has 1 atom stereocenters. The predicted molar refractivity (Wildman–Crippen MR) is 76.7 cm³/mol. The number of aliphatic carboxylic acids is 1. The molecule has 6 heteroatoms. The summed E-state index contributed by atoms with van der Waals surface area (Å²) >= 11 is 0. The van der Waals surface area contributed by atoms with Gasteiger partial charge in [-0.05, 0) is 25.5 Å². The second-order valence-electron chi connectivity index (χ2n) is 4.83. The summed E-state index contributed by atoms with van der Waals surface area (Å²) in [5, 5.41) is 16.0. The predicted octanol–water partition coefficient (Wildman–Crippen LogP) is 1.44. The summed E-state index contributed by atoms with van der Waals surface area (Å²) in [5.74, 6) is -1.49. The van der Waals surface area contributed by atoms with Crippen LogP contribution >= 0.6 is 0 Å². The van der Waals surface area contributed by atoms with Gasteiger partial charge < -0.3 is 10.4 Å². The van der Waals surface area contributed by atoms with Crippen LogP contribution in [0.5, 0.6) is 0 Å². The van der Waals surface area contributed by atoms with E-state index < -0.39 is 17.9 Å². The first kappa shape index (κ1) is 14.8. The van der Waals surface area contributed by atoms with Gasteiger partial charge in [-0.1, -0.05) is 30.3 Å². The van der Waals surface area contributed by atoms with Crippen molar-refractivity contribution < 1.29 is 14.7 Å². The van der Waals surface area contributed by atoms with Gasteiger partial charge in [-0.25, -0.2) is 4.79 Å². The first-order chi connectivity index (χ1) is 9.97. The normalized spacial score (nSPS) is 11.9. The Morgan fingerprint density at radius 2 is 1.95 bits per heavy atom. The van der Waals surface area contributed by atoms with Crippen LogP contribution in [0.25, 0.3) is 0 Å². The fourth-order valence-electron chi connectivity index (χ4n) is 2.11. The number of nitrogens with zero attached hydrogens (tertiary/aromatic N) is 2. The van der Waals surface area contributed by atoms with Crippen molar-refractivity contribution in [2.75, 3.05) is 0 Å². The number of carboxylic acid groups (broad SMARTS) is 1. The molecular weight excluding hydrogens is 270 g/mol. The summed E-state index contributed by atoms with van der Waals surface area (Å²) in [6.45, 7) is 3.68. The quantitative estimate of drug-likeness (QED) is 0.871. The molecule has 6 nitrogen and oxygen atoms in total. The number of rotatable bonds is 5. The number of carbonyl (C=O) groups is 2. The van der Waals surface area contributed by atoms with E-state index in [1.807, 2.05) is 19.9 Å². The van der Waals surface area contributed by atoms with E-state index in [2.05, 4.69) is 10.4 Å². The molecule has 110 valence electrons. The van der Waals surface area contributed by atoms with E-state index in [1.165, 1.54) is 0 Å². The van der Waals surface area contributed by atoms with E-state index in [-0.39, 0.29) is 6.54 Å². The van der Waals surface area contributed by atoms with Crippen LogP contribution < -0.4 is 5.32 Å². The van der Waals surface area contributed by atoms with Gasteiger partial charge in [0.05, 0.1) is 5.69 Å². The fourth-order valence-corrected chi connectivity index (χ4v) is 2.11. The monoisotopic (exact) mass is 287 g/mol. The van der Waals surface area contributed by atoms with Gasteiger partial charge in [0.15, 0.2) is 6.04 Å². The van der Waals surface area contributed by atoms with Gasteiger partial charge in [0, 0.05) is 5.69 Å². The van der Waals surface area contributed by atoms with Crippen LogP contribution in [0, 0.1) is 13.8 Å². The lowest BCUT2D eigenvalue weighted by molar-refractivity contribution is -0.142. The summed E-state index contributed by atoms with van der Waals surface area (Å²) in [4.78, 5) is 23.3. The van der Waals surface area contributed by atoms with Crippen LogP contribution in [0.3, 0.4) is 0 Å². The van der Waals surface area contributed by atoms with Crippen molar-refractivity contribution in [1.82, 2.24) is 15.1 Å². The Balaban J connectivity index is 2.09. The van der Waals surface area contributed by atoms with Gasteiger partial charge >= 0.3 is 5.97 Å². The SMILES string of the molecule is Cc1cc(C)n(CC(=O)N[C@H](C(=O)O)c2ccccc2)n1. The van der Waals surface area contributed by atoms with Crippen molar-refractivity contribution >= 4 is 11.9 Å². The minimum Gasteiger partial charge on any atom is -0.479 e. The van der Waals surface area contributed by atoms with E-state index in [9.17, 15) is 14.7 Å². The smallest absolute Gasteiger partial charge is 0.330 e. The molecule has 2 N–H and O–H groups in total. The first-order valence-electron chi connectivity index (χ1n) is 6.55. The third-order valence-electron chi connectivity index (χ3n) is 3.08. The van der Waals surface area contributed by atoms with E-state index in [0.717, 1.165) is 11.4 Å². The molecular formula is C15H17N3O3. The molecule has 1 aromatic heterocycles. The highest BCUT2D eigenvalue weighted by Gasteiger charge is 2.22. The Morgan fingerprint density at radius 3 is 2.48 bits per heavy atom. The molecule has 2 rings (SSSR count). The maximum absolute atomic E-state index is 12.0. The average Bonchev–Trinajstić information content (AvgIpc) is 2.75. The van der Waals surface area contributed by atoms with Crippen molar-refractivity contribution in [3.05, 3.63) is 53.3 Å². The largest absolute Gasteiger partial charge is 0.479 e. The summed E-state index contributed by atoms with van der Waals surface area (Å²) in [6, 6.07) is 9.40. The minimum absolute atomic E-state index is 0.00368. The zero-order valence-electron chi connectivity index (χ0n) is 11.9. The van der Waals surface area contributed by atoms with E-state index in [4.69, 9.17) is 0 Å². The van der Waals surface area contributed by atoms with Crippen molar-refractivity contribution in [3.63, 3.8) is 0 Å². The highest BCUT2D eigenvalue weighted by Crippen LogP contribution is 2.12. The summed E-state index contributed by atoms with van der Waals surface area (Å²) in [7, 11) is 0. The van der Waals surface area contributed by atoms with Crippen molar-refractivity contribution in [2.24, 2.45) is 0 Å². The number of benzene rings is 1. The molecule has 0 saturated heterocycles. The van der Waals surface area contributed by atoms with Crippen molar-refractivity contribution in [2.45, 2.75) is 26.4 Å². The van der Waals surface area contributed by atoms with Crippen LogP contribution in [-0.2, 0) is 16.1 Å². The molecule has 0 bridgehead atoms. The second-order valence-corrected chi connectivity index (χ2v) is 4.83. The van der Waals surface area contributed by atoms with E-state index >= 15 is 0 Å². The van der Waals surface area contributed by atoms with Gasteiger partial charge in [0.1, 0.15) is 6.54 Å². The lowest BCUT2D eigenvalue weighted by Gasteiger charge is -2.15. The first-order valence-corrected chi connectivity index (χ1v) is 6.55. The standard InChI is InChI=1S/C15H17N3O3/c1-10-8-11(2)18(17-10)9-13(19)16-14(15(20)21)12-6-4-3-5-7-12/h3-8,14H,9H2,1-2H3,(H,16,19)(H,20,21)/t14-/m0/s1. The topological polar surface area (TPSA) is 84.2 Å². The number of nitrogens with one attached hydrogen (secondary N) is 1. The second kappa shape index (κ2) is 6.21. The third kappa shape index (κ3) is 3.68. The van der Waals surface area contributed by atoms with Crippen molar-refractivity contribution in [3.8, 4) is 0 Å². The molecule has 1 aromatic carbocycles. The van der Waals surface area contributed by atoms with Crippen LogP contribution in [0.1, 0.15) is 23.0 Å². The van der Waals surface area contributed by atoms with Crippen LogP contribution in [0.2, 0.25) is 0 Å². The Bertz CT molecular complexity index is 649. The summed E-state index contributed by atoms with van der Waals surface area (Å²) in [5.41, 5.74) is 2.21. The summed E-state index contributed by atoms with van der Waals surface area (Å²) in [6.07, 6.45) is 0. The number of aromatic nitrogens is 2. The lowest BCUT2D eigenvalue weighted by Crippen LogP contribution is -2.36. The van der Waals surface area contributed by atoms with Crippen LogP contribution in [0.4, 0.5) is 0 Å². The molecule has 0 spiro atoms. The van der Waals surface area contributed by atoms with E-state index in [0.29, 0.717) is 5.56 Å².